The van der Waals surface area contributed by atoms with Crippen LogP contribution in [0.4, 0.5) is 5.82 Å². The van der Waals surface area contributed by atoms with Gasteiger partial charge < -0.3 is 14.5 Å². The highest BCUT2D eigenvalue weighted by Gasteiger charge is 2.22. The van der Waals surface area contributed by atoms with Crippen molar-refractivity contribution in [3.8, 4) is 0 Å². The Morgan fingerprint density at radius 2 is 1.66 bits per heavy atom. The van der Waals surface area contributed by atoms with Gasteiger partial charge in [0.25, 0.3) is 5.56 Å². The maximum absolute atomic E-state index is 12.7. The van der Waals surface area contributed by atoms with E-state index in [4.69, 9.17) is 4.74 Å². The Labute approximate surface area is 170 Å². The van der Waals surface area contributed by atoms with E-state index in [0.717, 1.165) is 32.7 Å². The van der Waals surface area contributed by atoms with E-state index in [1.54, 1.807) is 6.07 Å². The van der Waals surface area contributed by atoms with Gasteiger partial charge in [-0.15, -0.1) is 0 Å². The monoisotopic (exact) mass is 397 g/mol. The second kappa shape index (κ2) is 9.19. The number of hydrogen-bond donors (Lipinski definition) is 0. The van der Waals surface area contributed by atoms with Crippen molar-refractivity contribution >= 4 is 11.7 Å². The van der Waals surface area contributed by atoms with Crippen LogP contribution in [0.5, 0.6) is 0 Å². The van der Waals surface area contributed by atoms with Gasteiger partial charge in [-0.25, -0.2) is 4.68 Å². The van der Waals surface area contributed by atoms with Gasteiger partial charge in [-0.1, -0.05) is 30.3 Å². The standard InChI is InChI=1S/C21H27N5O3/c27-20-7-6-19(24-12-14-29-15-13-24)22-26(20)17-21(28)25-10-8-23(9-11-25)16-18-4-2-1-3-5-18/h1-7H,8-17H2. The highest BCUT2D eigenvalue weighted by Crippen LogP contribution is 2.11. The van der Waals surface area contributed by atoms with Crippen molar-refractivity contribution in [2.45, 2.75) is 13.1 Å². The molecule has 3 heterocycles. The Kier molecular flexibility index (Phi) is 6.21. The molecule has 2 fully saturated rings. The van der Waals surface area contributed by atoms with Crippen molar-refractivity contribution in [3.63, 3.8) is 0 Å². The predicted molar refractivity (Wildman–Crippen MR) is 110 cm³/mol. The number of amides is 1. The van der Waals surface area contributed by atoms with Crippen molar-refractivity contribution < 1.29 is 9.53 Å². The molecule has 0 unspecified atom stereocenters. The summed E-state index contributed by atoms with van der Waals surface area (Å²) in [6, 6.07) is 13.6. The molecule has 8 heteroatoms. The highest BCUT2D eigenvalue weighted by molar-refractivity contribution is 5.76. The SMILES string of the molecule is O=C(Cn1nc(N2CCOCC2)ccc1=O)N1CCN(Cc2ccccc2)CC1. The minimum Gasteiger partial charge on any atom is -0.378 e. The Bertz CT molecular complexity index is 871. The molecule has 0 radical (unpaired) electrons. The van der Waals surface area contributed by atoms with E-state index in [0.29, 0.717) is 32.1 Å². The van der Waals surface area contributed by atoms with Gasteiger partial charge in [0.2, 0.25) is 5.91 Å². The lowest BCUT2D eigenvalue weighted by Gasteiger charge is -2.34. The number of morpholine rings is 1. The first-order valence-corrected chi connectivity index (χ1v) is 10.1. The lowest BCUT2D eigenvalue weighted by Crippen LogP contribution is -2.49. The predicted octanol–water partition coefficient (Wildman–Crippen LogP) is 0.424. The van der Waals surface area contributed by atoms with Gasteiger partial charge in [0.1, 0.15) is 12.4 Å². The Hall–Kier alpha value is -2.71. The van der Waals surface area contributed by atoms with Crippen LogP contribution in [0.25, 0.3) is 0 Å². The van der Waals surface area contributed by atoms with Crippen LogP contribution in [0, 0.1) is 0 Å². The van der Waals surface area contributed by atoms with Crippen LogP contribution in [0.3, 0.4) is 0 Å². The topological polar surface area (TPSA) is 70.9 Å². The number of rotatable bonds is 5. The minimum atomic E-state index is -0.252. The number of carbonyl (C=O) groups excluding carboxylic acids is 1. The summed E-state index contributed by atoms with van der Waals surface area (Å²) in [5.41, 5.74) is 1.03. The number of ether oxygens (including phenoxy) is 1. The van der Waals surface area contributed by atoms with Crippen LogP contribution in [0.2, 0.25) is 0 Å². The average molecular weight is 397 g/mol. The minimum absolute atomic E-state index is 0.0182. The third-order valence-corrected chi connectivity index (χ3v) is 5.45. The van der Waals surface area contributed by atoms with Crippen LogP contribution in [-0.2, 0) is 22.6 Å². The van der Waals surface area contributed by atoms with Crippen molar-refractivity contribution in [2.24, 2.45) is 0 Å². The van der Waals surface area contributed by atoms with Crippen molar-refractivity contribution in [1.29, 1.82) is 0 Å². The molecule has 1 aromatic heterocycles. The van der Waals surface area contributed by atoms with E-state index in [1.807, 2.05) is 23.1 Å². The molecule has 0 saturated carbocycles. The first kappa shape index (κ1) is 19.6. The van der Waals surface area contributed by atoms with Gasteiger partial charge in [0, 0.05) is 51.9 Å². The summed E-state index contributed by atoms with van der Waals surface area (Å²) >= 11 is 0. The maximum atomic E-state index is 12.7. The molecule has 8 nitrogen and oxygen atoms in total. The number of aromatic nitrogens is 2. The van der Waals surface area contributed by atoms with Gasteiger partial charge in [-0.3, -0.25) is 14.5 Å². The zero-order valence-electron chi connectivity index (χ0n) is 16.6. The van der Waals surface area contributed by atoms with Gasteiger partial charge in [0.15, 0.2) is 0 Å². The molecule has 0 bridgehead atoms. The summed E-state index contributed by atoms with van der Waals surface area (Å²) in [4.78, 5) is 31.2. The lowest BCUT2D eigenvalue weighted by molar-refractivity contribution is -0.133. The molecule has 0 aliphatic carbocycles. The third kappa shape index (κ3) is 5.02. The van der Waals surface area contributed by atoms with E-state index in [2.05, 4.69) is 27.0 Å². The van der Waals surface area contributed by atoms with Crippen molar-refractivity contribution in [2.75, 3.05) is 57.4 Å². The number of nitrogens with zero attached hydrogens (tertiary/aromatic N) is 5. The molecule has 0 spiro atoms. The van der Waals surface area contributed by atoms with Crippen LogP contribution >= 0.6 is 0 Å². The molecule has 1 amide bonds. The quantitative estimate of drug-likeness (QED) is 0.729. The maximum Gasteiger partial charge on any atom is 0.267 e. The zero-order chi connectivity index (χ0) is 20.1. The Balaban J connectivity index is 1.33. The lowest BCUT2D eigenvalue weighted by atomic mass is 10.2. The van der Waals surface area contributed by atoms with E-state index in [-0.39, 0.29) is 18.0 Å². The molecular formula is C21H27N5O3. The zero-order valence-corrected chi connectivity index (χ0v) is 16.6. The number of anilines is 1. The fourth-order valence-electron chi connectivity index (χ4n) is 3.74. The summed E-state index contributed by atoms with van der Waals surface area (Å²) in [6.45, 7) is 6.65. The molecule has 0 atom stereocenters. The largest absolute Gasteiger partial charge is 0.378 e. The number of benzene rings is 1. The molecule has 2 saturated heterocycles. The summed E-state index contributed by atoms with van der Waals surface area (Å²) in [6.07, 6.45) is 0. The number of piperazine rings is 1. The summed E-state index contributed by atoms with van der Waals surface area (Å²) in [7, 11) is 0. The molecule has 2 aromatic rings. The van der Waals surface area contributed by atoms with E-state index in [1.165, 1.54) is 16.3 Å². The summed E-state index contributed by atoms with van der Waals surface area (Å²) in [5, 5.41) is 4.42. The van der Waals surface area contributed by atoms with E-state index in [9.17, 15) is 9.59 Å². The van der Waals surface area contributed by atoms with Crippen LogP contribution in [0.1, 0.15) is 5.56 Å². The summed E-state index contributed by atoms with van der Waals surface area (Å²) < 4.78 is 6.64. The molecule has 2 aliphatic rings. The third-order valence-electron chi connectivity index (χ3n) is 5.45. The molecule has 4 rings (SSSR count). The average Bonchev–Trinajstić information content (AvgIpc) is 2.77. The van der Waals surface area contributed by atoms with Crippen LogP contribution in [-0.4, -0.2) is 78.0 Å². The van der Waals surface area contributed by atoms with Gasteiger partial charge in [0.05, 0.1) is 13.2 Å². The second-order valence-corrected chi connectivity index (χ2v) is 7.43. The number of hydrogen-bond acceptors (Lipinski definition) is 6. The number of carbonyl (C=O) groups is 1. The molecule has 29 heavy (non-hydrogen) atoms. The van der Waals surface area contributed by atoms with Gasteiger partial charge >= 0.3 is 0 Å². The molecular weight excluding hydrogens is 370 g/mol. The fourth-order valence-corrected chi connectivity index (χ4v) is 3.74. The van der Waals surface area contributed by atoms with Gasteiger partial charge in [-0.2, -0.15) is 5.10 Å². The Morgan fingerprint density at radius 3 is 2.38 bits per heavy atom. The normalized spacial score (nSPS) is 18.1. The molecule has 1 aromatic carbocycles. The first-order chi connectivity index (χ1) is 14.2. The van der Waals surface area contributed by atoms with E-state index < -0.39 is 0 Å². The Morgan fingerprint density at radius 1 is 0.931 bits per heavy atom. The fraction of sp³-hybridized carbons (Fsp3) is 0.476. The molecule has 0 N–H and O–H groups in total. The van der Waals surface area contributed by atoms with Crippen LogP contribution < -0.4 is 10.5 Å². The van der Waals surface area contributed by atoms with Crippen molar-refractivity contribution in [1.82, 2.24) is 19.6 Å². The molecule has 2 aliphatic heterocycles. The summed E-state index contributed by atoms with van der Waals surface area (Å²) in [5.74, 6) is 0.659. The smallest absolute Gasteiger partial charge is 0.267 e. The second-order valence-electron chi connectivity index (χ2n) is 7.43. The van der Waals surface area contributed by atoms with Gasteiger partial charge in [-0.05, 0) is 11.6 Å². The molecule has 154 valence electrons. The highest BCUT2D eigenvalue weighted by atomic mass is 16.5. The van der Waals surface area contributed by atoms with Crippen molar-refractivity contribution in [3.05, 3.63) is 58.4 Å². The van der Waals surface area contributed by atoms with Crippen LogP contribution in [0.15, 0.2) is 47.3 Å². The first-order valence-electron chi connectivity index (χ1n) is 10.1. The van der Waals surface area contributed by atoms with E-state index >= 15 is 0 Å².